The Bertz CT molecular complexity index is 695. The molecule has 0 heterocycles. The van der Waals surface area contributed by atoms with Gasteiger partial charge in [0.05, 0.1) is 18.3 Å². The summed E-state index contributed by atoms with van der Waals surface area (Å²) in [5, 5.41) is 0. The van der Waals surface area contributed by atoms with E-state index in [1.54, 1.807) is 0 Å². The Morgan fingerprint density at radius 3 is 2.16 bits per heavy atom. The number of fused-ring (bicyclic) bond motifs is 5. The summed E-state index contributed by atoms with van der Waals surface area (Å²) >= 11 is 0. The third-order valence-corrected chi connectivity index (χ3v) is 12.1. The lowest BCUT2D eigenvalue weighted by Crippen LogP contribution is -2.63. The van der Waals surface area contributed by atoms with Crippen molar-refractivity contribution in [1.29, 1.82) is 0 Å². The molecular weight excluding hydrogens is 456 g/mol. The van der Waals surface area contributed by atoms with Gasteiger partial charge in [0.1, 0.15) is 0 Å². The fourth-order valence-electron chi connectivity index (χ4n) is 10.2. The van der Waals surface area contributed by atoms with Gasteiger partial charge in [0.2, 0.25) is 0 Å². The summed E-state index contributed by atoms with van der Waals surface area (Å²) in [7, 11) is 0. The molecule has 0 spiro atoms. The Kier molecular flexibility index (Phi) is 10.5. The molecule has 0 aromatic rings. The molecular formula is C34H62O3. The van der Waals surface area contributed by atoms with Gasteiger partial charge in [-0.15, -0.1) is 0 Å². The second-order valence-electron chi connectivity index (χ2n) is 14.2. The van der Waals surface area contributed by atoms with Gasteiger partial charge in [-0.2, -0.15) is 0 Å². The number of unbranched alkanes of at least 4 members (excludes halogenated alkanes) is 1. The van der Waals surface area contributed by atoms with E-state index in [1.165, 1.54) is 64.2 Å². The van der Waals surface area contributed by atoms with Gasteiger partial charge in [0, 0.05) is 25.2 Å². The zero-order valence-corrected chi connectivity index (χ0v) is 25.7. The third kappa shape index (κ3) is 5.72. The molecule has 0 bridgehead atoms. The third-order valence-electron chi connectivity index (χ3n) is 12.1. The second kappa shape index (κ2) is 13.0. The smallest absolute Gasteiger partial charge is 0.0637 e. The molecule has 0 radical (unpaired) electrons. The molecule has 0 saturated heterocycles. The monoisotopic (exact) mass is 518 g/mol. The van der Waals surface area contributed by atoms with E-state index in [0.717, 1.165) is 68.7 Å². The predicted molar refractivity (Wildman–Crippen MR) is 155 cm³/mol. The molecule has 11 unspecified atom stereocenters. The van der Waals surface area contributed by atoms with E-state index in [1.807, 2.05) is 0 Å². The molecule has 3 nitrogen and oxygen atoms in total. The van der Waals surface area contributed by atoms with Crippen LogP contribution in [0.4, 0.5) is 0 Å². The highest BCUT2D eigenvalue weighted by atomic mass is 16.5. The SMILES string of the molecule is CCCCC(C)C1CCC2C3C(OCCC)CC4CC(OCCC)CCC4(C)C3CC(OCCC)C12C. The van der Waals surface area contributed by atoms with Crippen molar-refractivity contribution >= 4 is 0 Å². The summed E-state index contributed by atoms with van der Waals surface area (Å²) in [4.78, 5) is 0. The van der Waals surface area contributed by atoms with E-state index in [2.05, 4.69) is 48.5 Å². The molecule has 216 valence electrons. The lowest BCUT2D eigenvalue weighted by molar-refractivity contribution is -0.227. The minimum atomic E-state index is 0.294. The lowest BCUT2D eigenvalue weighted by Gasteiger charge is -2.65. The van der Waals surface area contributed by atoms with E-state index in [-0.39, 0.29) is 0 Å². The molecule has 4 fully saturated rings. The van der Waals surface area contributed by atoms with Crippen LogP contribution in [0, 0.1) is 46.3 Å². The first-order valence-corrected chi connectivity index (χ1v) is 16.7. The molecule has 0 aliphatic heterocycles. The van der Waals surface area contributed by atoms with Crippen LogP contribution >= 0.6 is 0 Å². The lowest BCUT2D eigenvalue weighted by atomic mass is 9.43. The standard InChI is InChI=1S/C34H62O3/c1-8-12-13-24(5)27-14-15-28-32-29(23-31(34(27,28)7)37-20-11-4)33(6)17-16-26(35-18-9-2)21-25(33)22-30(32)36-19-10-3/h24-32H,8-23H2,1-7H3. The maximum Gasteiger partial charge on any atom is 0.0637 e. The Morgan fingerprint density at radius 2 is 1.46 bits per heavy atom. The van der Waals surface area contributed by atoms with Crippen molar-refractivity contribution in [3.63, 3.8) is 0 Å². The van der Waals surface area contributed by atoms with E-state index in [0.29, 0.717) is 35.1 Å². The van der Waals surface area contributed by atoms with Crippen LogP contribution in [-0.2, 0) is 14.2 Å². The Hall–Kier alpha value is -0.120. The molecule has 3 heteroatoms. The highest BCUT2D eigenvalue weighted by molar-refractivity contribution is 5.15. The molecule has 0 amide bonds. The van der Waals surface area contributed by atoms with Gasteiger partial charge in [0.15, 0.2) is 0 Å². The van der Waals surface area contributed by atoms with E-state index < -0.39 is 0 Å². The maximum absolute atomic E-state index is 6.93. The minimum Gasteiger partial charge on any atom is -0.378 e. The fraction of sp³-hybridized carbons (Fsp3) is 1.00. The topological polar surface area (TPSA) is 27.7 Å². The van der Waals surface area contributed by atoms with E-state index in [4.69, 9.17) is 14.2 Å². The number of hydrogen-bond acceptors (Lipinski definition) is 3. The normalized spacial score (nSPS) is 44.2. The van der Waals surface area contributed by atoms with Crippen LogP contribution in [0.25, 0.3) is 0 Å². The molecule has 4 aliphatic rings. The van der Waals surface area contributed by atoms with Crippen LogP contribution in [-0.4, -0.2) is 38.1 Å². The summed E-state index contributed by atoms with van der Waals surface area (Å²) in [6.45, 7) is 19.8. The first-order chi connectivity index (χ1) is 17.8. The van der Waals surface area contributed by atoms with Gasteiger partial charge in [0.25, 0.3) is 0 Å². The number of rotatable bonds is 13. The minimum absolute atomic E-state index is 0.294. The van der Waals surface area contributed by atoms with Crippen molar-refractivity contribution < 1.29 is 14.2 Å². The molecule has 0 aromatic heterocycles. The summed E-state index contributed by atoms with van der Waals surface area (Å²) in [5.41, 5.74) is 0.700. The number of hydrogen-bond donors (Lipinski definition) is 0. The van der Waals surface area contributed by atoms with Crippen molar-refractivity contribution in [2.75, 3.05) is 19.8 Å². The predicted octanol–water partition coefficient (Wildman–Crippen LogP) is 9.08. The maximum atomic E-state index is 6.93. The van der Waals surface area contributed by atoms with Crippen molar-refractivity contribution in [2.24, 2.45) is 46.3 Å². The highest BCUT2D eigenvalue weighted by Gasteiger charge is 2.66. The average molecular weight is 519 g/mol. The molecule has 11 atom stereocenters. The fourth-order valence-corrected chi connectivity index (χ4v) is 10.2. The van der Waals surface area contributed by atoms with Crippen molar-refractivity contribution in [3.05, 3.63) is 0 Å². The van der Waals surface area contributed by atoms with Crippen molar-refractivity contribution in [3.8, 4) is 0 Å². The van der Waals surface area contributed by atoms with Gasteiger partial charge in [-0.3, -0.25) is 0 Å². The summed E-state index contributed by atoms with van der Waals surface area (Å²) in [6, 6.07) is 0. The van der Waals surface area contributed by atoms with Crippen LogP contribution in [0.1, 0.15) is 132 Å². The second-order valence-corrected chi connectivity index (χ2v) is 14.2. The van der Waals surface area contributed by atoms with Gasteiger partial charge in [-0.25, -0.2) is 0 Å². The quantitative estimate of drug-likeness (QED) is 0.243. The van der Waals surface area contributed by atoms with Crippen LogP contribution in [0.3, 0.4) is 0 Å². The van der Waals surface area contributed by atoms with E-state index in [9.17, 15) is 0 Å². The van der Waals surface area contributed by atoms with Crippen LogP contribution < -0.4 is 0 Å². The van der Waals surface area contributed by atoms with Gasteiger partial charge in [-0.1, -0.05) is 67.7 Å². The first kappa shape index (κ1) is 29.9. The Labute approximate surface area is 230 Å². The average Bonchev–Trinajstić information content (AvgIpc) is 3.26. The molecule has 0 N–H and O–H groups in total. The molecule has 4 aliphatic carbocycles. The molecule has 37 heavy (non-hydrogen) atoms. The van der Waals surface area contributed by atoms with Gasteiger partial charge >= 0.3 is 0 Å². The first-order valence-electron chi connectivity index (χ1n) is 16.7. The van der Waals surface area contributed by atoms with Crippen molar-refractivity contribution in [1.82, 2.24) is 0 Å². The Morgan fingerprint density at radius 1 is 0.757 bits per heavy atom. The van der Waals surface area contributed by atoms with Gasteiger partial charge < -0.3 is 14.2 Å². The summed E-state index contributed by atoms with van der Waals surface area (Å²) in [6.07, 6.45) is 17.8. The largest absolute Gasteiger partial charge is 0.378 e. The zero-order chi connectivity index (χ0) is 26.6. The van der Waals surface area contributed by atoms with Crippen LogP contribution in [0.15, 0.2) is 0 Å². The summed E-state index contributed by atoms with van der Waals surface area (Å²) in [5.74, 6) is 4.49. The zero-order valence-electron chi connectivity index (χ0n) is 25.7. The van der Waals surface area contributed by atoms with E-state index >= 15 is 0 Å². The molecule has 0 aromatic carbocycles. The summed E-state index contributed by atoms with van der Waals surface area (Å²) < 4.78 is 20.1. The van der Waals surface area contributed by atoms with Crippen LogP contribution in [0.5, 0.6) is 0 Å². The van der Waals surface area contributed by atoms with Gasteiger partial charge in [-0.05, 0) is 105 Å². The Balaban J connectivity index is 1.66. The highest BCUT2D eigenvalue weighted by Crippen LogP contribution is 2.69. The van der Waals surface area contributed by atoms with Crippen molar-refractivity contribution in [2.45, 2.75) is 150 Å². The van der Waals surface area contributed by atoms with Crippen LogP contribution in [0.2, 0.25) is 0 Å². The molecule has 4 rings (SSSR count). The molecule has 4 saturated carbocycles. The number of ether oxygens (including phenoxy) is 3.